The maximum Gasteiger partial charge on any atom is 0.231 e. The summed E-state index contributed by atoms with van der Waals surface area (Å²) in [6.07, 6.45) is 4.63. The summed E-state index contributed by atoms with van der Waals surface area (Å²) < 4.78 is 16.6. The van der Waals surface area contributed by atoms with Gasteiger partial charge in [0.2, 0.25) is 5.91 Å². The number of hydrogen-bond acceptors (Lipinski definition) is 3. The van der Waals surface area contributed by atoms with Crippen molar-refractivity contribution in [2.24, 2.45) is 16.8 Å². The van der Waals surface area contributed by atoms with Gasteiger partial charge < -0.3 is 4.90 Å². The lowest BCUT2D eigenvalue weighted by Gasteiger charge is -2.41. The quantitative estimate of drug-likeness (QED) is 0.319. The van der Waals surface area contributed by atoms with Crippen molar-refractivity contribution >= 4 is 59.0 Å². The van der Waals surface area contributed by atoms with Crippen LogP contribution in [0.3, 0.4) is 0 Å². The number of hydrogen-bond donors (Lipinski definition) is 0. The van der Waals surface area contributed by atoms with E-state index in [2.05, 4.69) is 78.1 Å². The number of amides is 1. The monoisotopic (exact) mass is 549 g/mol. The third-order valence-electron chi connectivity index (χ3n) is 5.47. The van der Waals surface area contributed by atoms with E-state index < -0.39 is 5.15 Å². The van der Waals surface area contributed by atoms with Crippen LogP contribution in [0.4, 0.5) is 10.1 Å². The Kier molecular flexibility index (Phi) is 7.60. The van der Waals surface area contributed by atoms with Crippen molar-refractivity contribution in [3.05, 3.63) is 28.3 Å². The van der Waals surface area contributed by atoms with Crippen molar-refractivity contribution in [1.82, 2.24) is 3.11 Å². The SMILES string of the molecule is CC(C)CC(=O)N(I)[C@@H]1C[C@H](C)CN(c2ccc(C(F)(P)P)c3c2=CCCN=3)C1. The first-order valence-electron chi connectivity index (χ1n) is 10.3. The maximum absolute atomic E-state index is 14.7. The van der Waals surface area contributed by atoms with Gasteiger partial charge in [0.15, 0.2) is 5.15 Å². The number of nitrogens with zero attached hydrogens (tertiary/aromatic N) is 3. The lowest BCUT2D eigenvalue weighted by molar-refractivity contribution is -0.127. The molecule has 160 valence electrons. The average Bonchev–Trinajstić information content (AvgIpc) is 2.64. The van der Waals surface area contributed by atoms with Crippen LogP contribution in [0.2, 0.25) is 0 Å². The lowest BCUT2D eigenvalue weighted by atomic mass is 9.94. The van der Waals surface area contributed by atoms with Crippen LogP contribution in [0, 0.1) is 11.8 Å². The number of piperidine rings is 1. The first-order valence-corrected chi connectivity index (χ1v) is 12.4. The Bertz CT molecular complexity index is 887. The molecule has 0 bridgehead atoms. The fourth-order valence-corrected chi connectivity index (χ4v) is 5.33. The molecule has 2 aliphatic rings. The molecule has 4 atom stereocenters. The third kappa shape index (κ3) is 5.49. The molecule has 1 fully saturated rings. The van der Waals surface area contributed by atoms with Gasteiger partial charge in [0.25, 0.3) is 0 Å². The molecule has 0 spiro atoms. The number of carbonyl (C=O) groups excluding carboxylic acids is 1. The van der Waals surface area contributed by atoms with Crippen LogP contribution in [-0.2, 0) is 9.95 Å². The molecule has 1 amide bonds. The van der Waals surface area contributed by atoms with E-state index in [1.54, 1.807) is 0 Å². The molecule has 29 heavy (non-hydrogen) atoms. The first kappa shape index (κ1) is 23.3. The fraction of sp³-hybridized carbons (Fsp3) is 0.619. The van der Waals surface area contributed by atoms with E-state index >= 15 is 0 Å². The van der Waals surface area contributed by atoms with Crippen molar-refractivity contribution in [2.45, 2.75) is 51.2 Å². The van der Waals surface area contributed by atoms with E-state index in [-0.39, 0.29) is 11.9 Å². The van der Waals surface area contributed by atoms with Gasteiger partial charge in [-0.3, -0.25) is 12.9 Å². The highest BCUT2D eigenvalue weighted by molar-refractivity contribution is 14.1. The van der Waals surface area contributed by atoms with Gasteiger partial charge in [-0.2, -0.15) is 0 Å². The van der Waals surface area contributed by atoms with Crippen molar-refractivity contribution in [3.63, 3.8) is 0 Å². The zero-order chi connectivity index (χ0) is 21.3. The molecule has 0 aromatic heterocycles. The minimum atomic E-state index is -1.59. The molecule has 0 aliphatic carbocycles. The predicted molar refractivity (Wildman–Crippen MR) is 133 cm³/mol. The molecule has 4 nitrogen and oxygen atoms in total. The lowest BCUT2D eigenvalue weighted by Crippen LogP contribution is -2.51. The van der Waals surface area contributed by atoms with Crippen molar-refractivity contribution in [3.8, 4) is 0 Å². The summed E-state index contributed by atoms with van der Waals surface area (Å²) >= 11 is 2.19. The second kappa shape index (κ2) is 9.44. The molecule has 0 saturated carbocycles. The summed E-state index contributed by atoms with van der Waals surface area (Å²) in [5.41, 5.74) is 1.69. The highest BCUT2D eigenvalue weighted by Gasteiger charge is 2.32. The van der Waals surface area contributed by atoms with Gasteiger partial charge in [0, 0.05) is 42.5 Å². The predicted octanol–water partition coefficient (Wildman–Crippen LogP) is 3.76. The highest BCUT2D eigenvalue weighted by atomic mass is 127. The van der Waals surface area contributed by atoms with Gasteiger partial charge in [-0.15, -0.1) is 0 Å². The molecule has 1 aromatic rings. The second-order valence-electron chi connectivity index (χ2n) is 8.74. The zero-order valence-electron chi connectivity index (χ0n) is 17.4. The Morgan fingerprint density at radius 1 is 1.41 bits per heavy atom. The molecule has 8 heteroatoms. The molecule has 1 saturated heterocycles. The minimum Gasteiger partial charge on any atom is -0.369 e. The van der Waals surface area contributed by atoms with Crippen LogP contribution in [0.15, 0.2) is 17.1 Å². The summed E-state index contributed by atoms with van der Waals surface area (Å²) in [4.78, 5) is 19.6. The van der Waals surface area contributed by atoms with Crippen LogP contribution in [-0.4, -0.2) is 34.7 Å². The van der Waals surface area contributed by atoms with Gasteiger partial charge >= 0.3 is 0 Å². The molecule has 0 radical (unpaired) electrons. The topological polar surface area (TPSA) is 35.9 Å². The van der Waals surface area contributed by atoms with E-state index in [4.69, 9.17) is 0 Å². The number of rotatable bonds is 5. The summed E-state index contributed by atoms with van der Waals surface area (Å²) in [6, 6.07) is 4.05. The molecular formula is C21H31FIN3OP2. The largest absolute Gasteiger partial charge is 0.369 e. The van der Waals surface area contributed by atoms with Crippen LogP contribution in [0.5, 0.6) is 0 Å². The molecule has 2 aliphatic heterocycles. The Morgan fingerprint density at radius 2 is 2.14 bits per heavy atom. The summed E-state index contributed by atoms with van der Waals surface area (Å²) in [7, 11) is 4.51. The Labute approximate surface area is 191 Å². The number of carbonyl (C=O) groups is 1. The number of halogens is 2. The van der Waals surface area contributed by atoms with E-state index in [9.17, 15) is 9.18 Å². The van der Waals surface area contributed by atoms with Crippen LogP contribution >= 0.6 is 41.3 Å². The molecule has 0 N–H and O–H groups in total. The van der Waals surface area contributed by atoms with E-state index in [0.717, 1.165) is 42.2 Å². The van der Waals surface area contributed by atoms with Crippen molar-refractivity contribution in [2.75, 3.05) is 24.5 Å². The fourth-order valence-electron chi connectivity index (χ4n) is 4.26. The first-order chi connectivity index (χ1) is 13.6. The van der Waals surface area contributed by atoms with Crippen LogP contribution < -0.4 is 15.5 Å². The Hall–Kier alpha value is -0.320. The third-order valence-corrected chi connectivity index (χ3v) is 7.42. The molecule has 2 heterocycles. The summed E-state index contributed by atoms with van der Waals surface area (Å²) in [5.74, 6) is 1.02. The van der Waals surface area contributed by atoms with Gasteiger partial charge in [-0.05, 0) is 30.7 Å². The Balaban J connectivity index is 1.94. The standard InChI is InChI=1S/C21H31FIN3OP2/c1-13(2)9-19(27)26(23)15-10-14(3)11-25(12-15)18-7-6-17(21(22,28)29)20-16(18)5-4-8-24-20/h5-7,13-15H,4,8-12,28-29H2,1-3H3/t14-,15+/m0/s1. The number of alkyl halides is 1. The average molecular weight is 549 g/mol. The van der Waals surface area contributed by atoms with E-state index in [1.165, 1.54) is 0 Å². The van der Waals surface area contributed by atoms with Crippen LogP contribution in [0.1, 0.15) is 45.6 Å². The minimum absolute atomic E-state index is 0.171. The molecule has 2 unspecified atom stereocenters. The summed E-state index contributed by atoms with van der Waals surface area (Å²) in [5, 5.41) is 0.206. The van der Waals surface area contributed by atoms with E-state index in [1.807, 2.05) is 15.2 Å². The normalized spacial score (nSPS) is 22.0. The number of anilines is 1. The maximum atomic E-state index is 14.7. The van der Waals surface area contributed by atoms with Gasteiger partial charge in [-0.25, -0.2) is 4.39 Å². The van der Waals surface area contributed by atoms with Crippen molar-refractivity contribution < 1.29 is 9.18 Å². The molecule has 3 rings (SSSR count). The van der Waals surface area contributed by atoms with Gasteiger partial charge in [0.05, 0.1) is 34.3 Å². The number of benzene rings is 1. The second-order valence-corrected chi connectivity index (χ2v) is 12.1. The van der Waals surface area contributed by atoms with Crippen molar-refractivity contribution in [1.29, 1.82) is 0 Å². The Morgan fingerprint density at radius 3 is 2.79 bits per heavy atom. The van der Waals surface area contributed by atoms with Crippen LogP contribution in [0.25, 0.3) is 6.08 Å². The summed E-state index contributed by atoms with van der Waals surface area (Å²) in [6.45, 7) is 8.81. The molecule has 1 aromatic carbocycles. The molecular weight excluding hydrogens is 518 g/mol. The smallest absolute Gasteiger partial charge is 0.231 e. The van der Waals surface area contributed by atoms with E-state index in [0.29, 0.717) is 30.4 Å². The number of fused-ring (bicyclic) bond motifs is 1. The zero-order valence-corrected chi connectivity index (χ0v) is 21.8. The van der Waals surface area contributed by atoms with Gasteiger partial charge in [0.1, 0.15) is 0 Å². The van der Waals surface area contributed by atoms with Gasteiger partial charge in [-0.1, -0.05) is 51.4 Å². The highest BCUT2D eigenvalue weighted by Crippen LogP contribution is 2.38.